The number of piperidine rings is 1. The highest BCUT2D eigenvalue weighted by Gasteiger charge is 2.17. The third-order valence-electron chi connectivity index (χ3n) is 5.19. The first-order valence-corrected chi connectivity index (χ1v) is 10.1. The van der Waals surface area contributed by atoms with Gasteiger partial charge in [-0.05, 0) is 30.4 Å². The van der Waals surface area contributed by atoms with E-state index in [-0.39, 0.29) is 12.5 Å². The summed E-state index contributed by atoms with van der Waals surface area (Å²) >= 11 is 0. The van der Waals surface area contributed by atoms with Crippen molar-refractivity contribution >= 4 is 5.97 Å². The van der Waals surface area contributed by atoms with Crippen LogP contribution in [0.4, 0.5) is 0 Å². The first kappa shape index (κ1) is 20.3. The van der Waals surface area contributed by atoms with Crippen molar-refractivity contribution in [1.82, 2.24) is 4.90 Å². The molecule has 0 saturated carbocycles. The van der Waals surface area contributed by atoms with Crippen LogP contribution in [0.25, 0.3) is 0 Å². The number of aliphatic carboxylic acids is 1. The van der Waals surface area contributed by atoms with Crippen molar-refractivity contribution in [3.63, 3.8) is 0 Å². The van der Waals surface area contributed by atoms with E-state index in [0.29, 0.717) is 13.0 Å². The third-order valence-corrected chi connectivity index (χ3v) is 5.19. The molecule has 1 fully saturated rings. The number of rotatable bonds is 9. The zero-order valence-corrected chi connectivity index (χ0v) is 16.3. The van der Waals surface area contributed by atoms with Crippen LogP contribution in [0.2, 0.25) is 0 Å². The monoisotopic (exact) mass is 379 g/mol. The normalized spacial score (nSPS) is 15.0. The molecule has 0 atom stereocenters. The predicted molar refractivity (Wildman–Crippen MR) is 111 cm³/mol. The summed E-state index contributed by atoms with van der Waals surface area (Å²) in [5, 5.41) is 8.74. The van der Waals surface area contributed by atoms with Crippen molar-refractivity contribution in [1.29, 1.82) is 0 Å². The Morgan fingerprint density at radius 2 is 1.57 bits per heavy atom. The summed E-state index contributed by atoms with van der Waals surface area (Å²) < 4.78 is 6.31. The largest absolute Gasteiger partial charge is 0.481 e. The SMILES string of the molecule is O=C(O)CCC=C1CCN(CCOC(c2ccccc2)c2ccccc2)CC1. The predicted octanol–water partition coefficient (Wildman–Crippen LogP) is 4.68. The van der Waals surface area contributed by atoms with Crippen LogP contribution in [-0.2, 0) is 9.53 Å². The molecule has 0 amide bonds. The van der Waals surface area contributed by atoms with Crippen molar-refractivity contribution in [2.24, 2.45) is 0 Å². The Kier molecular flexibility index (Phi) is 7.82. The van der Waals surface area contributed by atoms with Gasteiger partial charge in [0.2, 0.25) is 0 Å². The van der Waals surface area contributed by atoms with Gasteiger partial charge in [-0.15, -0.1) is 0 Å². The molecule has 1 saturated heterocycles. The lowest BCUT2D eigenvalue weighted by molar-refractivity contribution is -0.136. The van der Waals surface area contributed by atoms with E-state index in [1.54, 1.807) is 0 Å². The minimum Gasteiger partial charge on any atom is -0.481 e. The zero-order chi connectivity index (χ0) is 19.6. The highest BCUT2D eigenvalue weighted by molar-refractivity contribution is 5.66. The van der Waals surface area contributed by atoms with Gasteiger partial charge in [0.25, 0.3) is 0 Å². The number of allylic oxidation sites excluding steroid dienone is 1. The van der Waals surface area contributed by atoms with E-state index in [0.717, 1.165) is 32.5 Å². The molecular weight excluding hydrogens is 350 g/mol. The molecule has 0 radical (unpaired) electrons. The number of hydrogen-bond donors (Lipinski definition) is 1. The molecular formula is C24H29NO3. The van der Waals surface area contributed by atoms with Crippen LogP contribution in [0.15, 0.2) is 72.3 Å². The molecule has 1 N–H and O–H groups in total. The summed E-state index contributed by atoms with van der Waals surface area (Å²) in [6.45, 7) is 3.64. The average molecular weight is 380 g/mol. The number of benzene rings is 2. The molecule has 1 aliphatic rings. The number of nitrogens with zero attached hydrogens (tertiary/aromatic N) is 1. The highest BCUT2D eigenvalue weighted by Crippen LogP contribution is 2.26. The van der Waals surface area contributed by atoms with E-state index in [1.807, 2.05) is 12.1 Å². The number of hydrogen-bond acceptors (Lipinski definition) is 3. The van der Waals surface area contributed by atoms with Gasteiger partial charge in [0, 0.05) is 26.1 Å². The second kappa shape index (κ2) is 10.8. The Morgan fingerprint density at radius 3 is 2.11 bits per heavy atom. The van der Waals surface area contributed by atoms with Gasteiger partial charge in [-0.2, -0.15) is 0 Å². The molecule has 0 spiro atoms. The van der Waals surface area contributed by atoms with Crippen LogP contribution < -0.4 is 0 Å². The van der Waals surface area contributed by atoms with Crippen molar-refractivity contribution in [2.45, 2.75) is 31.8 Å². The minimum absolute atomic E-state index is 0.0429. The van der Waals surface area contributed by atoms with E-state index >= 15 is 0 Å². The van der Waals surface area contributed by atoms with Crippen molar-refractivity contribution in [3.05, 3.63) is 83.4 Å². The maximum absolute atomic E-state index is 10.6. The van der Waals surface area contributed by atoms with E-state index < -0.39 is 5.97 Å². The van der Waals surface area contributed by atoms with Crippen LogP contribution in [0, 0.1) is 0 Å². The van der Waals surface area contributed by atoms with Gasteiger partial charge in [-0.3, -0.25) is 4.79 Å². The lowest BCUT2D eigenvalue weighted by atomic mass is 10.0. The summed E-state index contributed by atoms with van der Waals surface area (Å²) in [5.74, 6) is -0.724. The van der Waals surface area contributed by atoms with E-state index in [9.17, 15) is 4.79 Å². The molecule has 2 aromatic rings. The molecule has 0 unspecified atom stereocenters. The minimum atomic E-state index is -0.724. The number of carboxylic acids is 1. The Bertz CT molecular complexity index is 708. The van der Waals surface area contributed by atoms with Gasteiger partial charge in [0.1, 0.15) is 6.10 Å². The van der Waals surface area contributed by atoms with Gasteiger partial charge < -0.3 is 14.7 Å². The molecule has 2 aromatic carbocycles. The average Bonchev–Trinajstić information content (AvgIpc) is 2.73. The lowest BCUT2D eigenvalue weighted by Gasteiger charge is -2.29. The van der Waals surface area contributed by atoms with Crippen LogP contribution in [0.3, 0.4) is 0 Å². The van der Waals surface area contributed by atoms with Gasteiger partial charge in [-0.1, -0.05) is 72.3 Å². The molecule has 148 valence electrons. The molecule has 4 heteroatoms. The van der Waals surface area contributed by atoms with Crippen LogP contribution >= 0.6 is 0 Å². The number of likely N-dealkylation sites (tertiary alicyclic amines) is 1. The fraction of sp³-hybridized carbons (Fsp3) is 0.375. The standard InChI is InChI=1S/C24H29NO3/c26-23(27)13-7-8-20-14-16-25(17-15-20)18-19-28-24(21-9-3-1-4-10-21)22-11-5-2-6-12-22/h1-6,8-12,24H,7,13-19H2,(H,26,27). The molecule has 0 aliphatic carbocycles. The van der Waals surface area contributed by atoms with Crippen molar-refractivity contribution in [3.8, 4) is 0 Å². The summed E-state index contributed by atoms with van der Waals surface area (Å²) in [7, 11) is 0. The first-order chi connectivity index (χ1) is 13.7. The van der Waals surface area contributed by atoms with Crippen LogP contribution in [-0.4, -0.2) is 42.2 Å². The van der Waals surface area contributed by atoms with Gasteiger partial charge in [-0.25, -0.2) is 0 Å². The third kappa shape index (κ3) is 6.32. The second-order valence-electron chi connectivity index (χ2n) is 7.21. The number of carbonyl (C=O) groups is 1. The Morgan fingerprint density at radius 1 is 1.00 bits per heavy atom. The molecule has 0 aromatic heterocycles. The molecule has 0 bridgehead atoms. The van der Waals surface area contributed by atoms with Gasteiger partial charge in [0.15, 0.2) is 0 Å². The Hall–Kier alpha value is -2.43. The van der Waals surface area contributed by atoms with E-state index in [4.69, 9.17) is 9.84 Å². The maximum Gasteiger partial charge on any atom is 0.303 e. The summed E-state index contributed by atoms with van der Waals surface area (Å²) in [6.07, 6.45) is 4.99. The first-order valence-electron chi connectivity index (χ1n) is 10.1. The Balaban J connectivity index is 1.48. The van der Waals surface area contributed by atoms with Crippen LogP contribution in [0.5, 0.6) is 0 Å². The summed E-state index contributed by atoms with van der Waals surface area (Å²) in [5.41, 5.74) is 3.75. The molecule has 28 heavy (non-hydrogen) atoms. The summed E-state index contributed by atoms with van der Waals surface area (Å²) in [6, 6.07) is 20.7. The summed E-state index contributed by atoms with van der Waals surface area (Å²) in [4.78, 5) is 13.1. The molecule has 1 aliphatic heterocycles. The second-order valence-corrected chi connectivity index (χ2v) is 7.21. The van der Waals surface area contributed by atoms with E-state index in [2.05, 4.69) is 59.5 Å². The molecule has 3 rings (SSSR count). The van der Waals surface area contributed by atoms with Gasteiger partial charge >= 0.3 is 5.97 Å². The van der Waals surface area contributed by atoms with Gasteiger partial charge in [0.05, 0.1) is 6.61 Å². The lowest BCUT2D eigenvalue weighted by Crippen LogP contribution is -2.33. The van der Waals surface area contributed by atoms with Crippen molar-refractivity contribution < 1.29 is 14.6 Å². The molecule has 4 nitrogen and oxygen atoms in total. The fourth-order valence-corrected chi connectivity index (χ4v) is 3.61. The van der Waals surface area contributed by atoms with Crippen LogP contribution in [0.1, 0.15) is 42.9 Å². The topological polar surface area (TPSA) is 49.8 Å². The quantitative estimate of drug-likeness (QED) is 0.643. The maximum atomic E-state index is 10.6. The Labute approximate surface area is 167 Å². The molecule has 1 heterocycles. The zero-order valence-electron chi connectivity index (χ0n) is 16.3. The number of ether oxygens (including phenoxy) is 1. The fourth-order valence-electron chi connectivity index (χ4n) is 3.61. The smallest absolute Gasteiger partial charge is 0.303 e. The number of carboxylic acid groups (broad SMARTS) is 1. The van der Waals surface area contributed by atoms with Crippen molar-refractivity contribution in [2.75, 3.05) is 26.2 Å². The van der Waals surface area contributed by atoms with E-state index in [1.165, 1.54) is 16.7 Å². The highest BCUT2D eigenvalue weighted by atomic mass is 16.5.